The number of aromatic nitrogens is 1. The highest BCUT2D eigenvalue weighted by molar-refractivity contribution is 7.17. The molecule has 0 aliphatic carbocycles. The van der Waals surface area contributed by atoms with E-state index in [1.807, 2.05) is 30.3 Å². The number of rotatable bonds is 6. The fraction of sp³-hybridized carbons (Fsp3) is 0.350. The van der Waals surface area contributed by atoms with E-state index in [-0.39, 0.29) is 12.0 Å². The molecule has 1 amide bonds. The molecule has 0 spiro atoms. The number of methoxy groups -OCH3 is 1. The minimum absolute atomic E-state index is 0.0567. The predicted octanol–water partition coefficient (Wildman–Crippen LogP) is 3.67. The van der Waals surface area contributed by atoms with Gasteiger partial charge in [-0.3, -0.25) is 4.79 Å². The van der Waals surface area contributed by atoms with Gasteiger partial charge in [-0.25, -0.2) is 0 Å². The van der Waals surface area contributed by atoms with E-state index >= 15 is 0 Å². The summed E-state index contributed by atoms with van der Waals surface area (Å²) >= 11 is 1.65. The Labute approximate surface area is 156 Å². The van der Waals surface area contributed by atoms with Crippen LogP contribution in [-0.2, 0) is 11.3 Å². The van der Waals surface area contributed by atoms with Crippen LogP contribution in [0.3, 0.4) is 0 Å². The van der Waals surface area contributed by atoms with Gasteiger partial charge in [-0.1, -0.05) is 18.2 Å². The number of fused-ring (bicyclic) bond motifs is 1. The van der Waals surface area contributed by atoms with Gasteiger partial charge in [0.1, 0.15) is 11.4 Å². The predicted molar refractivity (Wildman–Crippen MR) is 103 cm³/mol. The van der Waals surface area contributed by atoms with E-state index in [4.69, 9.17) is 9.47 Å². The fourth-order valence-electron chi connectivity index (χ4n) is 3.44. The largest absolute Gasteiger partial charge is 0.496 e. The van der Waals surface area contributed by atoms with Gasteiger partial charge >= 0.3 is 0 Å². The van der Waals surface area contributed by atoms with E-state index in [2.05, 4.69) is 21.3 Å². The third kappa shape index (κ3) is 3.34. The molecule has 136 valence electrons. The van der Waals surface area contributed by atoms with Gasteiger partial charge < -0.3 is 19.4 Å². The topological polar surface area (TPSA) is 52.5 Å². The highest BCUT2D eigenvalue weighted by Crippen LogP contribution is 2.28. The first kappa shape index (κ1) is 17.1. The van der Waals surface area contributed by atoms with Gasteiger partial charge in [-0.15, -0.1) is 11.3 Å². The molecule has 2 aromatic heterocycles. The van der Waals surface area contributed by atoms with Crippen LogP contribution in [0.2, 0.25) is 0 Å². The number of para-hydroxylation sites is 1. The molecule has 1 unspecified atom stereocenters. The Hall–Kier alpha value is -2.31. The van der Waals surface area contributed by atoms with E-state index < -0.39 is 0 Å². The molecule has 4 rings (SSSR count). The average Bonchev–Trinajstić information content (AvgIpc) is 3.39. The lowest BCUT2D eigenvalue weighted by Gasteiger charge is -2.14. The summed E-state index contributed by atoms with van der Waals surface area (Å²) in [5, 5.41) is 5.09. The zero-order valence-electron chi connectivity index (χ0n) is 14.7. The third-order valence-corrected chi connectivity index (χ3v) is 5.64. The average molecular weight is 370 g/mol. The second kappa shape index (κ2) is 7.51. The van der Waals surface area contributed by atoms with Crippen LogP contribution >= 0.6 is 11.3 Å². The first-order valence-corrected chi connectivity index (χ1v) is 9.72. The van der Waals surface area contributed by atoms with Crippen LogP contribution in [0.15, 0.2) is 41.8 Å². The second-order valence-electron chi connectivity index (χ2n) is 6.44. The summed E-state index contributed by atoms with van der Waals surface area (Å²) in [5.41, 5.74) is 2.80. The summed E-state index contributed by atoms with van der Waals surface area (Å²) in [4.78, 5) is 12.8. The molecule has 0 radical (unpaired) electrons. The third-order valence-electron chi connectivity index (χ3n) is 4.79. The number of thiophene rings is 1. The fourth-order valence-corrected chi connectivity index (χ4v) is 4.26. The monoisotopic (exact) mass is 370 g/mol. The normalized spacial score (nSPS) is 16.9. The van der Waals surface area contributed by atoms with Crippen LogP contribution in [0.1, 0.15) is 28.9 Å². The van der Waals surface area contributed by atoms with Crippen molar-refractivity contribution in [1.29, 1.82) is 0 Å². The van der Waals surface area contributed by atoms with Gasteiger partial charge in [0.15, 0.2) is 0 Å². The van der Waals surface area contributed by atoms with Crippen molar-refractivity contribution in [3.05, 3.63) is 53.0 Å². The number of nitrogens with one attached hydrogen (secondary N) is 1. The van der Waals surface area contributed by atoms with Gasteiger partial charge in [-0.05, 0) is 36.4 Å². The quantitative estimate of drug-likeness (QED) is 0.720. The van der Waals surface area contributed by atoms with Crippen molar-refractivity contribution in [2.24, 2.45) is 0 Å². The van der Waals surface area contributed by atoms with Gasteiger partial charge in [0.05, 0.1) is 30.0 Å². The molecule has 6 heteroatoms. The van der Waals surface area contributed by atoms with Gasteiger partial charge in [0.2, 0.25) is 0 Å². The highest BCUT2D eigenvalue weighted by Gasteiger charge is 2.20. The Balaban J connectivity index is 1.61. The Morgan fingerprint density at radius 2 is 2.27 bits per heavy atom. The van der Waals surface area contributed by atoms with Crippen LogP contribution in [0.4, 0.5) is 0 Å². The molecule has 0 bridgehead atoms. The molecule has 1 N–H and O–H groups in total. The number of nitrogens with zero attached hydrogens (tertiary/aromatic N) is 1. The van der Waals surface area contributed by atoms with E-state index in [0.29, 0.717) is 18.8 Å². The number of hydrogen-bond acceptors (Lipinski definition) is 4. The number of benzene rings is 1. The van der Waals surface area contributed by atoms with Gasteiger partial charge in [0, 0.05) is 18.7 Å². The molecule has 26 heavy (non-hydrogen) atoms. The van der Waals surface area contributed by atoms with Crippen molar-refractivity contribution in [2.45, 2.75) is 25.5 Å². The summed E-state index contributed by atoms with van der Waals surface area (Å²) in [5.74, 6) is 0.772. The van der Waals surface area contributed by atoms with E-state index in [9.17, 15) is 4.79 Å². The molecule has 3 heterocycles. The van der Waals surface area contributed by atoms with Crippen LogP contribution in [0.25, 0.3) is 10.2 Å². The standard InChI is InChI=1S/C20H22N2O3S/c1-24-18-7-3-2-5-14(18)13-22-16-8-10-26-19(16)11-17(22)20(23)21-12-15-6-4-9-25-15/h2-3,5,7-8,10-11,15H,4,6,9,12-13H2,1H3,(H,21,23). The molecular formula is C20H22N2O3S. The zero-order valence-corrected chi connectivity index (χ0v) is 15.6. The molecule has 1 saturated heterocycles. The smallest absolute Gasteiger partial charge is 0.268 e. The molecular weight excluding hydrogens is 348 g/mol. The van der Waals surface area contributed by atoms with Gasteiger partial charge in [-0.2, -0.15) is 0 Å². The Bertz CT molecular complexity index is 909. The molecule has 3 aromatic rings. The second-order valence-corrected chi connectivity index (χ2v) is 7.39. The number of ether oxygens (including phenoxy) is 2. The number of carbonyl (C=O) groups is 1. The summed E-state index contributed by atoms with van der Waals surface area (Å²) in [6.07, 6.45) is 2.22. The maximum atomic E-state index is 12.8. The molecule has 0 saturated carbocycles. The zero-order chi connectivity index (χ0) is 17.9. The number of hydrogen-bond donors (Lipinski definition) is 1. The van der Waals surface area contributed by atoms with E-state index in [1.54, 1.807) is 18.4 Å². The molecule has 1 aromatic carbocycles. The Morgan fingerprint density at radius 1 is 1.38 bits per heavy atom. The van der Waals surface area contributed by atoms with Crippen LogP contribution < -0.4 is 10.1 Å². The van der Waals surface area contributed by atoms with Crippen molar-refractivity contribution in [1.82, 2.24) is 9.88 Å². The molecule has 1 aliphatic heterocycles. The summed E-state index contributed by atoms with van der Waals surface area (Å²) in [6.45, 7) is 1.94. The molecule has 1 fully saturated rings. The van der Waals surface area contributed by atoms with Gasteiger partial charge in [0.25, 0.3) is 5.91 Å². The molecule has 5 nitrogen and oxygen atoms in total. The maximum absolute atomic E-state index is 12.8. The Kier molecular flexibility index (Phi) is 4.95. The number of amides is 1. The van der Waals surface area contributed by atoms with Crippen molar-refractivity contribution in [2.75, 3.05) is 20.3 Å². The van der Waals surface area contributed by atoms with Crippen molar-refractivity contribution in [3.8, 4) is 5.75 Å². The molecule has 1 aliphatic rings. The highest BCUT2D eigenvalue weighted by atomic mass is 32.1. The first-order valence-electron chi connectivity index (χ1n) is 8.84. The van der Waals surface area contributed by atoms with Crippen LogP contribution in [-0.4, -0.2) is 36.8 Å². The van der Waals surface area contributed by atoms with Crippen molar-refractivity contribution in [3.63, 3.8) is 0 Å². The first-order chi connectivity index (χ1) is 12.8. The summed E-state index contributed by atoms with van der Waals surface area (Å²) < 4.78 is 14.3. The van der Waals surface area contributed by atoms with Crippen molar-refractivity contribution < 1.29 is 14.3 Å². The lowest BCUT2D eigenvalue weighted by Crippen LogP contribution is -2.33. The summed E-state index contributed by atoms with van der Waals surface area (Å²) in [7, 11) is 1.67. The lowest BCUT2D eigenvalue weighted by atomic mass is 10.2. The van der Waals surface area contributed by atoms with E-state index in [1.165, 1.54) is 0 Å². The molecule has 1 atom stereocenters. The van der Waals surface area contributed by atoms with Crippen molar-refractivity contribution >= 4 is 27.5 Å². The van der Waals surface area contributed by atoms with E-state index in [0.717, 1.165) is 41.0 Å². The Morgan fingerprint density at radius 3 is 3.08 bits per heavy atom. The maximum Gasteiger partial charge on any atom is 0.268 e. The summed E-state index contributed by atoms with van der Waals surface area (Å²) in [6, 6.07) is 12.0. The minimum atomic E-state index is -0.0567. The minimum Gasteiger partial charge on any atom is -0.496 e. The SMILES string of the molecule is COc1ccccc1Cn1c(C(=O)NCC2CCCO2)cc2sccc21. The van der Waals surface area contributed by atoms with Crippen LogP contribution in [0.5, 0.6) is 5.75 Å². The number of carbonyl (C=O) groups excluding carboxylic acids is 1. The lowest BCUT2D eigenvalue weighted by molar-refractivity contribution is 0.0851. The van der Waals surface area contributed by atoms with Crippen LogP contribution in [0, 0.1) is 0 Å².